The van der Waals surface area contributed by atoms with Crippen LogP contribution in [0.15, 0.2) is 64.8 Å². The summed E-state index contributed by atoms with van der Waals surface area (Å²) < 4.78 is 0.895. The Bertz CT molecular complexity index is 1330. The lowest BCUT2D eigenvalue weighted by Crippen LogP contribution is -2.12. The number of carbonyl (C=O) groups is 3. The second kappa shape index (κ2) is 9.67. The molecule has 4 aromatic rings. The zero-order chi connectivity index (χ0) is 23.4. The number of aromatic nitrogens is 1. The van der Waals surface area contributed by atoms with Crippen LogP contribution < -0.4 is 16.0 Å². The van der Waals surface area contributed by atoms with Gasteiger partial charge in [-0.25, -0.2) is 4.98 Å². The van der Waals surface area contributed by atoms with Gasteiger partial charge in [-0.1, -0.05) is 22.7 Å². The quantitative estimate of drug-likeness (QED) is 0.296. The van der Waals surface area contributed by atoms with Gasteiger partial charge in [0, 0.05) is 30.8 Å². The van der Waals surface area contributed by atoms with Crippen molar-refractivity contribution in [1.29, 1.82) is 0 Å². The highest BCUT2D eigenvalue weighted by Gasteiger charge is 2.12. The summed E-state index contributed by atoms with van der Waals surface area (Å²) in [6.07, 6.45) is 0. The van der Waals surface area contributed by atoms with Gasteiger partial charge in [0.2, 0.25) is 11.8 Å². The Kier molecular flexibility index (Phi) is 6.52. The third-order valence-corrected chi connectivity index (χ3v) is 6.18. The van der Waals surface area contributed by atoms with Crippen molar-refractivity contribution in [1.82, 2.24) is 4.98 Å². The average molecular weight is 479 g/mol. The number of rotatable bonds is 6. The van der Waals surface area contributed by atoms with Crippen LogP contribution in [0.2, 0.25) is 0 Å². The molecule has 9 nitrogen and oxygen atoms in total. The normalized spacial score (nSPS) is 11.0. The van der Waals surface area contributed by atoms with Gasteiger partial charge in [-0.15, -0.1) is 10.2 Å². The van der Waals surface area contributed by atoms with Crippen LogP contribution in [0.5, 0.6) is 0 Å². The number of thiophene rings is 1. The molecule has 0 bridgehead atoms. The summed E-state index contributed by atoms with van der Waals surface area (Å²) in [6, 6.07) is 15.5. The molecule has 166 valence electrons. The smallest absolute Gasteiger partial charge is 0.257 e. The van der Waals surface area contributed by atoms with Gasteiger partial charge in [0.15, 0.2) is 5.13 Å². The molecule has 0 radical (unpaired) electrons. The van der Waals surface area contributed by atoms with Gasteiger partial charge in [0.05, 0.1) is 10.4 Å². The first kappa shape index (κ1) is 22.2. The van der Waals surface area contributed by atoms with Crippen LogP contribution in [0, 0.1) is 0 Å². The zero-order valence-electron chi connectivity index (χ0n) is 17.6. The van der Waals surface area contributed by atoms with Crippen molar-refractivity contribution in [2.45, 2.75) is 13.8 Å². The summed E-state index contributed by atoms with van der Waals surface area (Å²) in [7, 11) is 0. The molecule has 0 atom stereocenters. The van der Waals surface area contributed by atoms with E-state index in [4.69, 9.17) is 0 Å². The van der Waals surface area contributed by atoms with Crippen molar-refractivity contribution in [2.75, 3.05) is 16.0 Å². The molecule has 0 unspecified atom stereocenters. The monoisotopic (exact) mass is 478 g/mol. The summed E-state index contributed by atoms with van der Waals surface area (Å²) in [4.78, 5) is 39.9. The van der Waals surface area contributed by atoms with E-state index in [0.717, 1.165) is 9.53 Å². The Balaban J connectivity index is 1.39. The zero-order valence-corrected chi connectivity index (χ0v) is 19.2. The minimum absolute atomic E-state index is 0.133. The maximum atomic E-state index is 12.5. The molecule has 0 fully saturated rings. The SMILES string of the molecule is CC(=O)Nc1ccc(N=Nc2cc3sc(NC(=O)c4ccc(NC(C)=O)cc4)nc3s2)cc1. The fourth-order valence-corrected chi connectivity index (χ4v) is 4.75. The number of thiazole rings is 1. The van der Waals surface area contributed by atoms with Crippen molar-refractivity contribution in [3.63, 3.8) is 0 Å². The number of anilines is 3. The molecule has 0 aliphatic heterocycles. The topological polar surface area (TPSA) is 125 Å². The van der Waals surface area contributed by atoms with Gasteiger partial charge >= 0.3 is 0 Å². The summed E-state index contributed by atoms with van der Waals surface area (Å²) in [5, 5.41) is 17.8. The molecular weight excluding hydrogens is 460 g/mol. The van der Waals surface area contributed by atoms with Crippen LogP contribution in [0.1, 0.15) is 24.2 Å². The molecule has 11 heteroatoms. The van der Waals surface area contributed by atoms with Crippen molar-refractivity contribution in [3.8, 4) is 0 Å². The van der Waals surface area contributed by atoms with E-state index in [0.29, 0.717) is 32.8 Å². The first-order chi connectivity index (χ1) is 15.9. The van der Waals surface area contributed by atoms with Crippen LogP contribution in [-0.2, 0) is 9.59 Å². The molecular formula is C22H18N6O3S2. The average Bonchev–Trinajstić information content (AvgIpc) is 3.31. The van der Waals surface area contributed by atoms with Crippen molar-refractivity contribution in [2.24, 2.45) is 10.2 Å². The van der Waals surface area contributed by atoms with E-state index < -0.39 is 0 Å². The van der Waals surface area contributed by atoms with Gasteiger partial charge in [0.25, 0.3) is 5.91 Å². The Labute approximate surface area is 196 Å². The number of nitrogens with one attached hydrogen (secondary N) is 3. The summed E-state index contributed by atoms with van der Waals surface area (Å²) in [5.74, 6) is -0.590. The van der Waals surface area contributed by atoms with E-state index in [-0.39, 0.29) is 17.7 Å². The number of azo groups is 1. The molecule has 2 aromatic carbocycles. The number of fused-ring (bicyclic) bond motifs is 1. The van der Waals surface area contributed by atoms with Crippen LogP contribution >= 0.6 is 22.7 Å². The van der Waals surface area contributed by atoms with E-state index in [1.165, 1.54) is 36.5 Å². The summed E-state index contributed by atoms with van der Waals surface area (Å²) in [6.45, 7) is 2.88. The Morgan fingerprint density at radius 2 is 1.39 bits per heavy atom. The molecule has 33 heavy (non-hydrogen) atoms. The first-order valence-corrected chi connectivity index (χ1v) is 11.4. The largest absolute Gasteiger partial charge is 0.326 e. The molecule has 3 amide bonds. The summed E-state index contributed by atoms with van der Waals surface area (Å²) >= 11 is 2.72. The molecule has 2 aromatic heterocycles. The lowest BCUT2D eigenvalue weighted by molar-refractivity contribution is -0.115. The number of carbonyl (C=O) groups excluding carboxylic acids is 3. The van der Waals surface area contributed by atoms with Crippen molar-refractivity contribution in [3.05, 3.63) is 60.2 Å². The highest BCUT2D eigenvalue weighted by atomic mass is 32.1. The Morgan fingerprint density at radius 1 is 0.788 bits per heavy atom. The number of benzene rings is 2. The number of nitrogens with zero attached hydrogens (tertiary/aromatic N) is 3. The van der Waals surface area contributed by atoms with Crippen LogP contribution in [0.25, 0.3) is 9.53 Å². The number of hydrogen-bond acceptors (Lipinski definition) is 8. The fraction of sp³-hybridized carbons (Fsp3) is 0.0909. The van der Waals surface area contributed by atoms with Crippen LogP contribution in [0.3, 0.4) is 0 Å². The van der Waals surface area contributed by atoms with Crippen molar-refractivity contribution >= 4 is 77.1 Å². The van der Waals surface area contributed by atoms with E-state index in [1.807, 2.05) is 6.07 Å². The molecule has 3 N–H and O–H groups in total. The van der Waals surface area contributed by atoms with Crippen molar-refractivity contribution < 1.29 is 14.4 Å². The van der Waals surface area contributed by atoms with E-state index in [2.05, 4.69) is 31.2 Å². The second-order valence-electron chi connectivity index (χ2n) is 6.91. The maximum absolute atomic E-state index is 12.5. The summed E-state index contributed by atoms with van der Waals surface area (Å²) in [5.41, 5.74) is 2.44. The molecule has 0 saturated carbocycles. The highest BCUT2D eigenvalue weighted by molar-refractivity contribution is 7.30. The minimum atomic E-state index is -0.284. The molecule has 0 saturated heterocycles. The predicted octanol–water partition coefficient (Wildman–Crippen LogP) is 5.94. The van der Waals surface area contributed by atoms with Gasteiger partial charge < -0.3 is 10.6 Å². The second-order valence-corrected chi connectivity index (χ2v) is 8.95. The molecule has 2 heterocycles. The van der Waals surface area contributed by atoms with Crippen LogP contribution in [-0.4, -0.2) is 22.7 Å². The Hall–Kier alpha value is -3.96. The maximum Gasteiger partial charge on any atom is 0.257 e. The molecule has 0 spiro atoms. The van der Waals surface area contributed by atoms with Gasteiger partial charge in [0.1, 0.15) is 9.83 Å². The lowest BCUT2D eigenvalue weighted by atomic mass is 10.2. The van der Waals surface area contributed by atoms with Gasteiger partial charge in [-0.05, 0) is 54.6 Å². The van der Waals surface area contributed by atoms with E-state index in [1.54, 1.807) is 48.5 Å². The van der Waals surface area contributed by atoms with Gasteiger partial charge in [-0.2, -0.15) is 0 Å². The van der Waals surface area contributed by atoms with E-state index >= 15 is 0 Å². The first-order valence-electron chi connectivity index (χ1n) is 9.74. The van der Waals surface area contributed by atoms with Gasteiger partial charge in [-0.3, -0.25) is 19.7 Å². The molecule has 4 rings (SSSR count). The minimum Gasteiger partial charge on any atom is -0.326 e. The molecule has 0 aliphatic carbocycles. The lowest BCUT2D eigenvalue weighted by Gasteiger charge is -2.04. The third-order valence-electron chi connectivity index (χ3n) is 4.22. The number of amides is 3. The number of hydrogen-bond donors (Lipinski definition) is 3. The standard InChI is InChI=1S/C22H18N6O3S2/c1-12(29)23-15-5-3-14(4-6-15)20(31)25-22-26-21-18(32-22)11-19(33-21)28-27-17-9-7-16(8-10-17)24-13(2)30/h3-11H,1-2H3,(H,23,29)(H,24,30)(H,25,26,31). The predicted molar refractivity (Wildman–Crippen MR) is 131 cm³/mol. The fourth-order valence-electron chi connectivity index (χ4n) is 2.82. The van der Waals surface area contributed by atoms with Crippen LogP contribution in [0.4, 0.5) is 27.2 Å². The highest BCUT2D eigenvalue weighted by Crippen LogP contribution is 2.38. The molecule has 0 aliphatic rings. The Morgan fingerprint density at radius 3 is 1.97 bits per heavy atom. The van der Waals surface area contributed by atoms with E-state index in [9.17, 15) is 14.4 Å². The third kappa shape index (κ3) is 5.84.